The van der Waals surface area contributed by atoms with Crippen LogP contribution in [0.5, 0.6) is 0 Å². The lowest BCUT2D eigenvalue weighted by molar-refractivity contribution is -0.645. The van der Waals surface area contributed by atoms with E-state index in [4.69, 9.17) is 0 Å². The Labute approximate surface area is 96.8 Å². The smallest absolute Gasteiger partial charge is 0.392 e. The number of rotatable bonds is 2. The van der Waals surface area contributed by atoms with Gasteiger partial charge < -0.3 is 5.21 Å². The highest BCUT2D eigenvalue weighted by Gasteiger charge is 2.13. The number of nitrogens with zero attached hydrogens (tertiary/aromatic N) is 5. The summed E-state index contributed by atoms with van der Waals surface area (Å²) in [5.74, 6) is 0. The average molecular weight is 227 g/mol. The minimum absolute atomic E-state index is 0.239. The average Bonchev–Trinajstić information content (AvgIpc) is 2.76. The van der Waals surface area contributed by atoms with E-state index in [0.717, 1.165) is 5.56 Å². The van der Waals surface area contributed by atoms with Crippen LogP contribution < -0.4 is 4.85 Å². The maximum absolute atomic E-state index is 11.3. The number of hydrogen-bond acceptors (Lipinski definition) is 4. The molecule has 1 aromatic carbocycles. The molecule has 0 atom stereocenters. The van der Waals surface area contributed by atoms with Crippen LogP contribution in [0.1, 0.15) is 5.56 Å². The summed E-state index contributed by atoms with van der Waals surface area (Å²) in [5, 5.41) is 14.8. The van der Waals surface area contributed by atoms with Crippen LogP contribution in [0.3, 0.4) is 0 Å². The topological polar surface area (TPSA) is 70.5 Å². The Balaban J connectivity index is 2.05. The van der Waals surface area contributed by atoms with Crippen LogP contribution in [-0.4, -0.2) is 19.6 Å². The summed E-state index contributed by atoms with van der Waals surface area (Å²) in [7, 11) is 0. The standard InChI is InChI=1S/C11H9N5O/c17-16-11-10(12-7-14-16)15(8-13-11)6-9-4-2-1-3-5-9/h1-5,7-8H,6H2. The maximum atomic E-state index is 11.3. The molecule has 17 heavy (non-hydrogen) atoms. The SMILES string of the molecule is [O-][n+]1ncnc2c1ncn2Cc1ccccc1. The van der Waals surface area contributed by atoms with Crippen LogP contribution >= 0.6 is 0 Å². The summed E-state index contributed by atoms with van der Waals surface area (Å²) in [6.45, 7) is 0.633. The molecular formula is C11H9N5O. The molecule has 0 aliphatic rings. The van der Waals surface area contributed by atoms with Crippen molar-refractivity contribution in [3.63, 3.8) is 0 Å². The van der Waals surface area contributed by atoms with E-state index < -0.39 is 0 Å². The highest BCUT2D eigenvalue weighted by atomic mass is 16.5. The summed E-state index contributed by atoms with van der Waals surface area (Å²) in [6, 6.07) is 9.92. The first-order chi connectivity index (χ1) is 8.34. The fourth-order valence-electron chi connectivity index (χ4n) is 1.71. The lowest BCUT2D eigenvalue weighted by Gasteiger charge is -2.02. The van der Waals surface area contributed by atoms with Gasteiger partial charge in [0, 0.05) is 0 Å². The van der Waals surface area contributed by atoms with Gasteiger partial charge in [-0.25, -0.2) is 4.98 Å². The monoisotopic (exact) mass is 227 g/mol. The molecule has 0 spiro atoms. The summed E-state index contributed by atoms with van der Waals surface area (Å²) in [4.78, 5) is 8.55. The van der Waals surface area contributed by atoms with E-state index in [9.17, 15) is 5.21 Å². The Morgan fingerprint density at radius 1 is 1.18 bits per heavy atom. The van der Waals surface area contributed by atoms with Gasteiger partial charge in [-0.2, -0.15) is 0 Å². The van der Waals surface area contributed by atoms with E-state index in [2.05, 4.69) is 15.1 Å². The third-order valence-corrected chi connectivity index (χ3v) is 2.50. The van der Waals surface area contributed by atoms with Crippen molar-refractivity contribution < 1.29 is 4.85 Å². The highest BCUT2D eigenvalue weighted by Crippen LogP contribution is 2.08. The maximum Gasteiger partial charge on any atom is 0.392 e. The van der Waals surface area contributed by atoms with Gasteiger partial charge in [-0.1, -0.05) is 35.4 Å². The molecule has 3 rings (SSSR count). The molecular weight excluding hydrogens is 218 g/mol. The number of aromatic nitrogens is 5. The van der Waals surface area contributed by atoms with E-state index in [-0.39, 0.29) is 5.65 Å². The molecule has 0 N–H and O–H groups in total. The molecule has 2 heterocycles. The molecule has 0 aliphatic carbocycles. The quantitative estimate of drug-likeness (QED) is 0.472. The van der Waals surface area contributed by atoms with Crippen molar-refractivity contribution in [2.24, 2.45) is 0 Å². The predicted octanol–water partition coefficient (Wildman–Crippen LogP) is 0.508. The van der Waals surface area contributed by atoms with E-state index in [0.29, 0.717) is 17.0 Å². The first-order valence-electron chi connectivity index (χ1n) is 5.14. The molecule has 0 bridgehead atoms. The zero-order valence-electron chi connectivity index (χ0n) is 8.89. The normalized spacial score (nSPS) is 10.8. The highest BCUT2D eigenvalue weighted by molar-refractivity contribution is 5.61. The number of imidazole rings is 1. The summed E-state index contributed by atoms with van der Waals surface area (Å²) >= 11 is 0. The van der Waals surface area contributed by atoms with E-state index in [1.807, 2.05) is 34.9 Å². The molecule has 0 fully saturated rings. The van der Waals surface area contributed by atoms with Crippen molar-refractivity contribution in [2.45, 2.75) is 6.54 Å². The minimum Gasteiger partial charge on any atom is -0.690 e. The van der Waals surface area contributed by atoms with Crippen molar-refractivity contribution >= 4 is 11.3 Å². The molecule has 0 saturated heterocycles. The van der Waals surface area contributed by atoms with Gasteiger partial charge in [0.15, 0.2) is 6.33 Å². The van der Waals surface area contributed by atoms with Gasteiger partial charge in [0.1, 0.15) is 0 Å². The van der Waals surface area contributed by atoms with Crippen LogP contribution in [0.15, 0.2) is 43.0 Å². The number of benzene rings is 1. The predicted molar refractivity (Wildman–Crippen MR) is 59.8 cm³/mol. The van der Waals surface area contributed by atoms with E-state index in [1.54, 1.807) is 6.33 Å². The molecule has 0 unspecified atom stereocenters. The Morgan fingerprint density at radius 2 is 2.00 bits per heavy atom. The largest absolute Gasteiger partial charge is 0.690 e. The van der Waals surface area contributed by atoms with Gasteiger partial charge in [0.05, 0.1) is 6.54 Å². The zero-order valence-corrected chi connectivity index (χ0v) is 8.89. The van der Waals surface area contributed by atoms with Crippen LogP contribution in [0.4, 0.5) is 0 Å². The second kappa shape index (κ2) is 3.82. The summed E-state index contributed by atoms with van der Waals surface area (Å²) in [6.07, 6.45) is 2.83. The molecule has 0 amide bonds. The minimum atomic E-state index is 0.239. The fourth-order valence-corrected chi connectivity index (χ4v) is 1.71. The van der Waals surface area contributed by atoms with Crippen LogP contribution in [0.2, 0.25) is 0 Å². The Morgan fingerprint density at radius 3 is 2.82 bits per heavy atom. The lowest BCUT2D eigenvalue weighted by Crippen LogP contribution is -2.32. The van der Waals surface area contributed by atoms with Gasteiger partial charge in [-0.15, -0.1) is 4.85 Å². The molecule has 3 aromatic rings. The first kappa shape index (κ1) is 9.71. The molecule has 6 nitrogen and oxygen atoms in total. The van der Waals surface area contributed by atoms with Gasteiger partial charge >= 0.3 is 5.65 Å². The number of fused-ring (bicyclic) bond motifs is 1. The molecule has 84 valence electrons. The Bertz CT molecular complexity index is 649. The zero-order chi connectivity index (χ0) is 11.7. The molecule has 0 radical (unpaired) electrons. The second-order valence-corrected chi connectivity index (χ2v) is 3.64. The van der Waals surface area contributed by atoms with Gasteiger partial charge in [-0.05, 0) is 10.5 Å². The van der Waals surface area contributed by atoms with Crippen molar-refractivity contribution in [1.82, 2.24) is 19.6 Å². The molecule has 0 aliphatic heterocycles. The Hall–Kier alpha value is -2.50. The van der Waals surface area contributed by atoms with Crippen LogP contribution in [0, 0.1) is 5.21 Å². The number of hydrogen-bond donors (Lipinski definition) is 0. The Kier molecular flexibility index (Phi) is 2.18. The van der Waals surface area contributed by atoms with E-state index in [1.165, 1.54) is 6.33 Å². The summed E-state index contributed by atoms with van der Waals surface area (Å²) < 4.78 is 1.82. The van der Waals surface area contributed by atoms with Crippen molar-refractivity contribution in [1.29, 1.82) is 0 Å². The second-order valence-electron chi connectivity index (χ2n) is 3.64. The molecule has 6 heteroatoms. The van der Waals surface area contributed by atoms with Crippen LogP contribution in [0.25, 0.3) is 11.3 Å². The van der Waals surface area contributed by atoms with Gasteiger partial charge in [0.2, 0.25) is 12.0 Å². The van der Waals surface area contributed by atoms with Crippen molar-refractivity contribution in [2.75, 3.05) is 0 Å². The van der Waals surface area contributed by atoms with Gasteiger partial charge in [0.25, 0.3) is 0 Å². The van der Waals surface area contributed by atoms with E-state index >= 15 is 0 Å². The lowest BCUT2D eigenvalue weighted by atomic mass is 10.2. The summed E-state index contributed by atoms with van der Waals surface area (Å²) in [5.41, 5.74) is 1.91. The molecule has 0 saturated carbocycles. The third kappa shape index (κ3) is 1.69. The third-order valence-electron chi connectivity index (χ3n) is 2.50. The fraction of sp³-hybridized carbons (Fsp3) is 0.0909. The molecule has 2 aromatic heterocycles. The first-order valence-corrected chi connectivity index (χ1v) is 5.14. The van der Waals surface area contributed by atoms with Gasteiger partial charge in [-0.3, -0.25) is 4.57 Å². The van der Waals surface area contributed by atoms with Crippen molar-refractivity contribution in [3.05, 3.63) is 53.8 Å². The van der Waals surface area contributed by atoms with Crippen LogP contribution in [-0.2, 0) is 6.54 Å². The van der Waals surface area contributed by atoms with Crippen molar-refractivity contribution in [3.8, 4) is 0 Å².